The average Bonchev–Trinajstić information content (AvgIpc) is 3.27. The third-order valence-electron chi connectivity index (χ3n) is 8.29. The van der Waals surface area contributed by atoms with Crippen molar-refractivity contribution in [2.75, 3.05) is 20.3 Å². The van der Waals surface area contributed by atoms with E-state index in [1.54, 1.807) is 0 Å². The van der Waals surface area contributed by atoms with Crippen LogP contribution in [-0.2, 0) is 66.6 Å². The third kappa shape index (κ3) is 9.12. The summed E-state index contributed by atoms with van der Waals surface area (Å²) < 4.78 is 55.2. The molecule has 2 heterocycles. The lowest BCUT2D eigenvalue weighted by Gasteiger charge is -2.46. The Morgan fingerprint density at radius 1 is 0.745 bits per heavy atom. The minimum atomic E-state index is -2.39. The van der Waals surface area contributed by atoms with E-state index < -0.39 is 116 Å². The van der Waals surface area contributed by atoms with Gasteiger partial charge in [-0.1, -0.05) is 0 Å². The molecule has 0 spiro atoms. The van der Waals surface area contributed by atoms with Gasteiger partial charge in [0.1, 0.15) is 42.9 Å². The number of carbonyl (C=O) groups is 6. The van der Waals surface area contributed by atoms with Crippen molar-refractivity contribution in [2.24, 2.45) is 11.8 Å². The maximum atomic E-state index is 13.2. The molecule has 2 N–H and O–H groups in total. The van der Waals surface area contributed by atoms with Crippen LogP contribution in [-0.4, -0.2) is 121 Å². The molecule has 0 amide bonds. The topological polar surface area (TPSA) is 235 Å². The highest BCUT2D eigenvalue weighted by atomic mass is 16.8. The van der Waals surface area contributed by atoms with E-state index in [9.17, 15) is 39.0 Å². The van der Waals surface area contributed by atoms with Gasteiger partial charge in [-0.15, -0.1) is 0 Å². The van der Waals surface area contributed by atoms with E-state index in [2.05, 4.69) is 0 Å². The largest absolute Gasteiger partial charge is 0.497 e. The van der Waals surface area contributed by atoms with Gasteiger partial charge in [0.2, 0.25) is 12.6 Å². The molecule has 51 heavy (non-hydrogen) atoms. The van der Waals surface area contributed by atoms with E-state index in [4.69, 9.17) is 47.4 Å². The second-order valence-corrected chi connectivity index (χ2v) is 12.0. The van der Waals surface area contributed by atoms with Crippen LogP contribution < -0.4 is 4.74 Å². The zero-order valence-corrected chi connectivity index (χ0v) is 28.6. The zero-order valence-electron chi connectivity index (χ0n) is 28.6. The number of fused-ring (bicyclic) bond motifs is 1. The summed E-state index contributed by atoms with van der Waals surface area (Å²) >= 11 is 0. The summed E-state index contributed by atoms with van der Waals surface area (Å²) in [6.07, 6.45) is -10.3. The van der Waals surface area contributed by atoms with Crippen LogP contribution in [0.5, 0.6) is 5.75 Å². The molecule has 1 aromatic rings. The number of ether oxygens (including phenoxy) is 10. The van der Waals surface area contributed by atoms with Gasteiger partial charge in [0.15, 0.2) is 18.3 Å². The SMILES string of the molecule is COc1ccc(C(=O)OC2C3C=COC(OC4OC(COC(C)=O)C(OC(C)=O)C(OC(C)=O)C4OC(C)=O)C3C(O)(COC(C)=O)C2O)cc1. The maximum Gasteiger partial charge on any atom is 0.338 e. The van der Waals surface area contributed by atoms with Crippen LogP contribution in [0.2, 0.25) is 0 Å². The number of hydrogen-bond acceptors (Lipinski definition) is 18. The van der Waals surface area contributed by atoms with Gasteiger partial charge in [0, 0.05) is 40.5 Å². The lowest BCUT2D eigenvalue weighted by Crippen LogP contribution is -2.64. The molecule has 0 aromatic heterocycles. The summed E-state index contributed by atoms with van der Waals surface area (Å²) in [5, 5.41) is 23.5. The lowest BCUT2D eigenvalue weighted by molar-refractivity contribution is -0.350. The van der Waals surface area contributed by atoms with Gasteiger partial charge in [0.05, 0.1) is 24.9 Å². The van der Waals surface area contributed by atoms with Gasteiger partial charge in [-0.25, -0.2) is 4.79 Å². The third-order valence-corrected chi connectivity index (χ3v) is 8.29. The highest BCUT2D eigenvalue weighted by Gasteiger charge is 2.66. The van der Waals surface area contributed by atoms with Crippen molar-refractivity contribution in [2.45, 2.75) is 89.4 Å². The minimum Gasteiger partial charge on any atom is -0.497 e. The van der Waals surface area contributed by atoms with Gasteiger partial charge in [-0.05, 0) is 30.3 Å². The molecule has 18 heteroatoms. The molecular weight excluding hydrogens is 684 g/mol. The molecule has 1 aliphatic carbocycles. The monoisotopic (exact) mass is 724 g/mol. The fourth-order valence-corrected chi connectivity index (χ4v) is 6.18. The van der Waals surface area contributed by atoms with E-state index in [1.165, 1.54) is 37.5 Å². The lowest BCUT2D eigenvalue weighted by atomic mass is 9.83. The van der Waals surface area contributed by atoms with E-state index in [-0.39, 0.29) is 5.56 Å². The number of carbonyl (C=O) groups excluding carboxylic acids is 6. The van der Waals surface area contributed by atoms with Gasteiger partial charge in [0.25, 0.3) is 0 Å². The summed E-state index contributed by atoms with van der Waals surface area (Å²) in [4.78, 5) is 73.4. The summed E-state index contributed by atoms with van der Waals surface area (Å²) in [5.41, 5.74) is -2.30. The fraction of sp³-hybridized carbons (Fsp3) is 0.576. The number of hydrogen-bond donors (Lipinski definition) is 2. The summed E-state index contributed by atoms with van der Waals surface area (Å²) in [7, 11) is 1.45. The van der Waals surface area contributed by atoms with Crippen molar-refractivity contribution >= 4 is 35.8 Å². The Morgan fingerprint density at radius 2 is 1.33 bits per heavy atom. The Balaban J connectivity index is 1.72. The van der Waals surface area contributed by atoms with Crippen LogP contribution in [0.4, 0.5) is 0 Å². The van der Waals surface area contributed by atoms with Crippen molar-refractivity contribution < 1.29 is 86.3 Å². The second-order valence-electron chi connectivity index (χ2n) is 12.0. The molecule has 4 rings (SSSR count). The maximum absolute atomic E-state index is 13.2. The number of methoxy groups -OCH3 is 1. The first kappa shape index (κ1) is 39.0. The normalized spacial score (nSPS) is 32.3. The van der Waals surface area contributed by atoms with Crippen LogP contribution in [0.1, 0.15) is 45.0 Å². The molecule has 11 atom stereocenters. The van der Waals surface area contributed by atoms with Crippen molar-refractivity contribution in [3.63, 3.8) is 0 Å². The Bertz CT molecular complexity index is 1490. The molecule has 1 saturated carbocycles. The summed E-state index contributed by atoms with van der Waals surface area (Å²) in [5.74, 6) is -6.99. The Morgan fingerprint density at radius 3 is 1.90 bits per heavy atom. The summed E-state index contributed by atoms with van der Waals surface area (Å²) in [6.45, 7) is 3.97. The van der Waals surface area contributed by atoms with Gasteiger partial charge in [-0.3, -0.25) is 24.0 Å². The van der Waals surface area contributed by atoms with E-state index in [1.807, 2.05) is 0 Å². The molecule has 0 bridgehead atoms. The smallest absolute Gasteiger partial charge is 0.338 e. The zero-order chi connectivity index (χ0) is 37.6. The van der Waals surface area contributed by atoms with Gasteiger partial charge < -0.3 is 57.6 Å². The molecule has 2 fully saturated rings. The van der Waals surface area contributed by atoms with Crippen LogP contribution in [0, 0.1) is 11.8 Å². The molecule has 2 aliphatic heterocycles. The molecule has 3 aliphatic rings. The number of benzene rings is 1. The quantitative estimate of drug-likeness (QED) is 0.215. The van der Waals surface area contributed by atoms with Crippen molar-refractivity contribution in [1.29, 1.82) is 0 Å². The van der Waals surface area contributed by atoms with E-state index >= 15 is 0 Å². The predicted octanol–water partition coefficient (Wildman–Crippen LogP) is 0.0914. The first-order valence-electron chi connectivity index (χ1n) is 15.7. The van der Waals surface area contributed by atoms with Crippen LogP contribution >= 0.6 is 0 Å². The van der Waals surface area contributed by atoms with E-state index in [0.717, 1.165) is 40.9 Å². The fourth-order valence-electron chi connectivity index (χ4n) is 6.18. The summed E-state index contributed by atoms with van der Waals surface area (Å²) in [6, 6.07) is 5.91. The highest BCUT2D eigenvalue weighted by molar-refractivity contribution is 5.89. The first-order chi connectivity index (χ1) is 24.0. The van der Waals surface area contributed by atoms with Crippen LogP contribution in [0.25, 0.3) is 0 Å². The molecular formula is C33H40O18. The van der Waals surface area contributed by atoms with Crippen molar-refractivity contribution in [3.05, 3.63) is 42.2 Å². The van der Waals surface area contributed by atoms with Crippen LogP contribution in [0.3, 0.4) is 0 Å². The molecule has 0 radical (unpaired) electrons. The molecule has 1 saturated heterocycles. The van der Waals surface area contributed by atoms with Crippen LogP contribution in [0.15, 0.2) is 36.6 Å². The van der Waals surface area contributed by atoms with Gasteiger partial charge in [-0.2, -0.15) is 0 Å². The standard InChI is InChI=1S/C33H40O18/c1-15(34)44-13-23-26(46-17(3)36)27(47-18(4)37)28(48-19(5)38)32(49-23)51-31-24-22(11-12-43-31)25(29(39)33(24,41)14-45-16(2)35)50-30(40)20-7-9-21(42-6)10-8-20/h7-12,22-29,31-32,39,41H,13-14H2,1-6H3. The van der Waals surface area contributed by atoms with E-state index in [0.29, 0.717) is 5.75 Å². The van der Waals surface area contributed by atoms with Crippen molar-refractivity contribution in [1.82, 2.24) is 0 Å². The number of aliphatic hydroxyl groups excluding tert-OH is 1. The number of aliphatic hydroxyl groups is 2. The predicted molar refractivity (Wildman–Crippen MR) is 164 cm³/mol. The van der Waals surface area contributed by atoms with Gasteiger partial charge >= 0.3 is 35.8 Å². The highest BCUT2D eigenvalue weighted by Crippen LogP contribution is 2.49. The Hall–Kier alpha value is -4.78. The number of rotatable bonds is 12. The second kappa shape index (κ2) is 16.5. The number of esters is 6. The minimum absolute atomic E-state index is 0.0938. The Labute approximate surface area is 291 Å². The molecule has 280 valence electrons. The van der Waals surface area contributed by atoms with Crippen molar-refractivity contribution in [3.8, 4) is 5.75 Å². The Kier molecular flexibility index (Phi) is 12.6. The first-order valence-corrected chi connectivity index (χ1v) is 15.7. The average molecular weight is 725 g/mol. The molecule has 11 unspecified atom stereocenters. The molecule has 1 aromatic carbocycles. The molecule has 18 nitrogen and oxygen atoms in total.